The molecule has 1 amide bonds. The standard InChI is InChI=1S/C22H16N6O/c23-20(29)5-4-14-2-1-3-19(28-14)13-10-17-18(12-27-22(17)26-11-13)15-6-8-24-21-16(15)7-9-25-21/h1-12H,(H2,23,29)(H,24,25)(H,26,27)/b5-4+. The van der Waals surface area contributed by atoms with Gasteiger partial charge in [0, 0.05) is 52.8 Å². The molecule has 0 saturated carbocycles. The molecule has 7 heteroatoms. The topological polar surface area (TPSA) is 113 Å². The summed E-state index contributed by atoms with van der Waals surface area (Å²) in [6, 6.07) is 11.7. The number of hydrogen-bond acceptors (Lipinski definition) is 4. The van der Waals surface area contributed by atoms with Crippen LogP contribution in [0.25, 0.3) is 50.5 Å². The Kier molecular flexibility index (Phi) is 3.91. The predicted molar refractivity (Wildman–Crippen MR) is 113 cm³/mol. The molecule has 0 bridgehead atoms. The van der Waals surface area contributed by atoms with Crippen molar-refractivity contribution < 1.29 is 4.79 Å². The van der Waals surface area contributed by atoms with Gasteiger partial charge in [-0.15, -0.1) is 0 Å². The summed E-state index contributed by atoms with van der Waals surface area (Å²) in [4.78, 5) is 30.9. The number of rotatable bonds is 4. The van der Waals surface area contributed by atoms with Gasteiger partial charge in [-0.2, -0.15) is 0 Å². The van der Waals surface area contributed by atoms with E-state index in [0.29, 0.717) is 5.69 Å². The first-order chi connectivity index (χ1) is 14.2. The third-order valence-corrected chi connectivity index (χ3v) is 4.77. The number of amides is 1. The molecule has 0 aliphatic heterocycles. The fourth-order valence-corrected chi connectivity index (χ4v) is 3.43. The molecule has 0 atom stereocenters. The molecule has 0 fully saturated rings. The molecule has 29 heavy (non-hydrogen) atoms. The molecule has 4 N–H and O–H groups in total. The Hall–Kier alpha value is -4.26. The van der Waals surface area contributed by atoms with E-state index in [1.165, 1.54) is 6.08 Å². The number of fused-ring (bicyclic) bond motifs is 2. The number of H-pyrrole nitrogens is 2. The highest BCUT2D eigenvalue weighted by Crippen LogP contribution is 2.34. The van der Waals surface area contributed by atoms with Crippen LogP contribution in [0.15, 0.2) is 67.3 Å². The van der Waals surface area contributed by atoms with Crippen molar-refractivity contribution in [3.8, 4) is 22.4 Å². The van der Waals surface area contributed by atoms with E-state index in [0.717, 1.165) is 44.5 Å². The van der Waals surface area contributed by atoms with E-state index in [1.54, 1.807) is 18.5 Å². The summed E-state index contributed by atoms with van der Waals surface area (Å²) >= 11 is 0. The first-order valence-corrected chi connectivity index (χ1v) is 9.03. The van der Waals surface area contributed by atoms with Gasteiger partial charge in [0.15, 0.2) is 0 Å². The van der Waals surface area contributed by atoms with E-state index in [1.807, 2.05) is 42.7 Å². The van der Waals surface area contributed by atoms with Crippen LogP contribution in [0.3, 0.4) is 0 Å². The Balaban J connectivity index is 1.63. The van der Waals surface area contributed by atoms with Crippen molar-refractivity contribution in [3.63, 3.8) is 0 Å². The molecule has 0 aliphatic rings. The van der Waals surface area contributed by atoms with E-state index >= 15 is 0 Å². The summed E-state index contributed by atoms with van der Waals surface area (Å²) < 4.78 is 0. The molecule has 5 aromatic rings. The third-order valence-electron chi connectivity index (χ3n) is 4.77. The van der Waals surface area contributed by atoms with Crippen LogP contribution in [0.5, 0.6) is 0 Å². The lowest BCUT2D eigenvalue weighted by Gasteiger charge is -2.05. The normalized spacial score (nSPS) is 11.6. The summed E-state index contributed by atoms with van der Waals surface area (Å²) in [5.74, 6) is -0.509. The number of primary amides is 1. The molecular formula is C22H16N6O. The molecule has 5 rings (SSSR count). The van der Waals surface area contributed by atoms with Gasteiger partial charge in [-0.3, -0.25) is 4.79 Å². The summed E-state index contributed by atoms with van der Waals surface area (Å²) in [5.41, 5.74) is 11.2. The van der Waals surface area contributed by atoms with Crippen LogP contribution in [0.4, 0.5) is 0 Å². The smallest absolute Gasteiger partial charge is 0.241 e. The molecule has 0 unspecified atom stereocenters. The summed E-state index contributed by atoms with van der Waals surface area (Å²) in [6.07, 6.45) is 10.3. The lowest BCUT2D eigenvalue weighted by Crippen LogP contribution is -2.05. The van der Waals surface area contributed by atoms with E-state index in [-0.39, 0.29) is 0 Å². The zero-order valence-corrected chi connectivity index (χ0v) is 15.3. The molecule has 5 heterocycles. The SMILES string of the molecule is NC(=O)/C=C/c1cccc(-c2cnc3[nH]cc(-c4ccnc5[nH]ccc45)c3c2)n1. The van der Waals surface area contributed by atoms with Gasteiger partial charge < -0.3 is 15.7 Å². The van der Waals surface area contributed by atoms with E-state index < -0.39 is 5.91 Å². The summed E-state index contributed by atoms with van der Waals surface area (Å²) in [6.45, 7) is 0. The van der Waals surface area contributed by atoms with Crippen molar-refractivity contribution in [1.29, 1.82) is 0 Å². The minimum Gasteiger partial charge on any atom is -0.366 e. The summed E-state index contributed by atoms with van der Waals surface area (Å²) in [5, 5.41) is 2.05. The van der Waals surface area contributed by atoms with Gasteiger partial charge in [0.25, 0.3) is 0 Å². The number of aromatic amines is 2. The molecule has 5 aromatic heterocycles. The second-order valence-corrected chi connectivity index (χ2v) is 6.60. The Morgan fingerprint density at radius 3 is 2.79 bits per heavy atom. The van der Waals surface area contributed by atoms with Crippen LogP contribution in [-0.2, 0) is 4.79 Å². The van der Waals surface area contributed by atoms with Crippen molar-refractivity contribution in [2.24, 2.45) is 5.73 Å². The molecule has 0 saturated heterocycles. The van der Waals surface area contributed by atoms with Crippen molar-refractivity contribution in [3.05, 3.63) is 73.0 Å². The van der Waals surface area contributed by atoms with Crippen LogP contribution in [0.2, 0.25) is 0 Å². The Morgan fingerprint density at radius 2 is 1.90 bits per heavy atom. The Bertz CT molecular complexity index is 1400. The number of pyridine rings is 3. The van der Waals surface area contributed by atoms with Crippen molar-refractivity contribution in [1.82, 2.24) is 24.9 Å². The van der Waals surface area contributed by atoms with Gasteiger partial charge in [-0.1, -0.05) is 6.07 Å². The molecule has 140 valence electrons. The minimum atomic E-state index is -0.509. The fraction of sp³-hybridized carbons (Fsp3) is 0. The summed E-state index contributed by atoms with van der Waals surface area (Å²) in [7, 11) is 0. The van der Waals surface area contributed by atoms with Crippen LogP contribution in [-0.4, -0.2) is 30.8 Å². The maximum atomic E-state index is 11.0. The van der Waals surface area contributed by atoms with Gasteiger partial charge in [-0.05, 0) is 42.0 Å². The van der Waals surface area contributed by atoms with E-state index in [4.69, 9.17) is 5.73 Å². The lowest BCUT2D eigenvalue weighted by atomic mass is 10.0. The second kappa shape index (κ2) is 6.72. The molecular weight excluding hydrogens is 364 g/mol. The average molecular weight is 380 g/mol. The molecule has 7 nitrogen and oxygen atoms in total. The zero-order valence-electron chi connectivity index (χ0n) is 15.3. The van der Waals surface area contributed by atoms with E-state index in [9.17, 15) is 4.79 Å². The molecule has 0 aliphatic carbocycles. The largest absolute Gasteiger partial charge is 0.366 e. The maximum Gasteiger partial charge on any atom is 0.241 e. The molecule has 0 radical (unpaired) electrons. The fourth-order valence-electron chi connectivity index (χ4n) is 3.43. The zero-order chi connectivity index (χ0) is 19.8. The van der Waals surface area contributed by atoms with Crippen LogP contribution in [0, 0.1) is 0 Å². The monoisotopic (exact) mass is 380 g/mol. The van der Waals surface area contributed by atoms with Gasteiger partial charge in [-0.25, -0.2) is 15.0 Å². The van der Waals surface area contributed by atoms with Crippen molar-refractivity contribution >= 4 is 34.1 Å². The number of hydrogen-bond donors (Lipinski definition) is 3. The molecule has 0 spiro atoms. The van der Waals surface area contributed by atoms with Crippen LogP contribution in [0.1, 0.15) is 5.69 Å². The minimum absolute atomic E-state index is 0.509. The number of nitrogens with one attached hydrogen (secondary N) is 2. The second-order valence-electron chi connectivity index (χ2n) is 6.60. The van der Waals surface area contributed by atoms with Crippen molar-refractivity contribution in [2.75, 3.05) is 0 Å². The third kappa shape index (κ3) is 3.04. The first-order valence-electron chi connectivity index (χ1n) is 9.03. The Morgan fingerprint density at radius 1 is 1.00 bits per heavy atom. The van der Waals surface area contributed by atoms with Gasteiger partial charge >= 0.3 is 0 Å². The van der Waals surface area contributed by atoms with Crippen LogP contribution < -0.4 is 5.73 Å². The number of carbonyl (C=O) groups excluding carboxylic acids is 1. The van der Waals surface area contributed by atoms with Gasteiger partial charge in [0.1, 0.15) is 11.3 Å². The quantitative estimate of drug-likeness (QED) is 0.413. The van der Waals surface area contributed by atoms with Crippen LogP contribution >= 0.6 is 0 Å². The maximum absolute atomic E-state index is 11.0. The average Bonchev–Trinajstić information content (AvgIpc) is 3.38. The highest BCUT2D eigenvalue weighted by Gasteiger charge is 2.13. The van der Waals surface area contributed by atoms with Crippen molar-refractivity contribution in [2.45, 2.75) is 0 Å². The van der Waals surface area contributed by atoms with E-state index in [2.05, 4.69) is 31.0 Å². The number of nitrogens with two attached hydrogens (primary N) is 1. The lowest BCUT2D eigenvalue weighted by molar-refractivity contribution is -0.113. The number of carbonyl (C=O) groups is 1. The molecule has 0 aromatic carbocycles. The Labute approximate surface area is 165 Å². The highest BCUT2D eigenvalue weighted by molar-refractivity contribution is 6.03. The first kappa shape index (κ1) is 16.9. The predicted octanol–water partition coefficient (Wildman–Crippen LogP) is 3.67. The highest BCUT2D eigenvalue weighted by atomic mass is 16.1. The number of aromatic nitrogens is 5. The van der Waals surface area contributed by atoms with Gasteiger partial charge in [0.2, 0.25) is 5.91 Å². The number of nitrogens with zero attached hydrogens (tertiary/aromatic N) is 3. The van der Waals surface area contributed by atoms with Gasteiger partial charge in [0.05, 0.1) is 11.4 Å².